The Balaban J connectivity index is 2.76. The number of likely N-dealkylation sites (N-methyl/N-ethyl adjacent to an activating group) is 2. The van der Waals surface area contributed by atoms with Gasteiger partial charge in [0.1, 0.15) is 0 Å². The molecule has 0 radical (unpaired) electrons. The summed E-state index contributed by atoms with van der Waals surface area (Å²) in [6.07, 6.45) is 0. The number of hydrogen-bond acceptors (Lipinski definition) is 4. The minimum Gasteiger partial charge on any atom is -0.358 e. The van der Waals surface area contributed by atoms with E-state index in [0.29, 0.717) is 6.54 Å². The van der Waals surface area contributed by atoms with Gasteiger partial charge in [-0.05, 0) is 12.6 Å². The van der Waals surface area contributed by atoms with Crippen LogP contribution in [-0.2, 0) is 9.59 Å². The van der Waals surface area contributed by atoms with Crippen LogP contribution in [-0.4, -0.2) is 43.9 Å². The molecule has 0 heterocycles. The molecular formula is C13H20N4O2. The number of nitrogens with two attached hydrogens (primary N) is 1. The second-order valence-electron chi connectivity index (χ2n) is 4.34. The van der Waals surface area contributed by atoms with Gasteiger partial charge in [-0.25, -0.2) is 5.84 Å². The van der Waals surface area contributed by atoms with Crippen LogP contribution in [0.5, 0.6) is 0 Å². The minimum atomic E-state index is -0.402. The van der Waals surface area contributed by atoms with Gasteiger partial charge in [-0.3, -0.25) is 19.9 Å². The van der Waals surface area contributed by atoms with Gasteiger partial charge in [-0.1, -0.05) is 30.3 Å². The summed E-state index contributed by atoms with van der Waals surface area (Å²) in [5.74, 6) is 4.45. The van der Waals surface area contributed by atoms with Crippen molar-refractivity contribution in [3.05, 3.63) is 35.9 Å². The van der Waals surface area contributed by atoms with Gasteiger partial charge in [0.15, 0.2) is 0 Å². The fourth-order valence-corrected chi connectivity index (χ4v) is 1.83. The topological polar surface area (TPSA) is 87.5 Å². The van der Waals surface area contributed by atoms with Crippen LogP contribution in [0, 0.1) is 0 Å². The van der Waals surface area contributed by atoms with E-state index in [1.165, 1.54) is 0 Å². The Morgan fingerprint density at radius 1 is 1.32 bits per heavy atom. The molecule has 104 valence electrons. The second kappa shape index (κ2) is 7.50. The quantitative estimate of drug-likeness (QED) is 0.365. The van der Waals surface area contributed by atoms with Crippen LogP contribution in [0.2, 0.25) is 0 Å². The number of benzene rings is 1. The van der Waals surface area contributed by atoms with Crippen LogP contribution in [0.4, 0.5) is 0 Å². The van der Waals surface area contributed by atoms with Gasteiger partial charge in [-0.2, -0.15) is 0 Å². The molecule has 0 saturated carbocycles. The van der Waals surface area contributed by atoms with Gasteiger partial charge in [-0.15, -0.1) is 0 Å². The molecule has 6 nitrogen and oxygen atoms in total. The van der Waals surface area contributed by atoms with E-state index in [-0.39, 0.29) is 18.4 Å². The summed E-state index contributed by atoms with van der Waals surface area (Å²) in [5, 5.41) is 2.55. The molecule has 0 spiro atoms. The Bertz CT molecular complexity index is 422. The summed E-state index contributed by atoms with van der Waals surface area (Å²) in [6, 6.07) is 9.35. The minimum absolute atomic E-state index is 0.0949. The maximum atomic E-state index is 11.8. The van der Waals surface area contributed by atoms with Crippen molar-refractivity contribution in [2.75, 3.05) is 27.2 Å². The van der Waals surface area contributed by atoms with Crippen LogP contribution in [0.3, 0.4) is 0 Å². The Hall–Kier alpha value is -1.92. The standard InChI is InChI=1S/C13H20N4O2/c1-15-12(18)9-17(2)8-11(13(19)16-14)10-6-4-3-5-7-10/h3-7,11H,8-9,14H2,1-2H3,(H,15,18)(H,16,19). The highest BCUT2D eigenvalue weighted by atomic mass is 16.2. The molecular weight excluding hydrogens is 244 g/mol. The molecule has 1 aromatic carbocycles. The molecule has 1 unspecified atom stereocenters. The smallest absolute Gasteiger partial charge is 0.242 e. The van der Waals surface area contributed by atoms with E-state index in [9.17, 15) is 9.59 Å². The molecule has 0 aromatic heterocycles. The third-order valence-corrected chi connectivity index (χ3v) is 2.85. The van der Waals surface area contributed by atoms with Gasteiger partial charge < -0.3 is 5.32 Å². The zero-order valence-electron chi connectivity index (χ0n) is 11.2. The first-order chi connectivity index (χ1) is 9.08. The van der Waals surface area contributed by atoms with Crippen molar-refractivity contribution in [3.8, 4) is 0 Å². The normalized spacial score (nSPS) is 12.0. The predicted octanol–water partition coefficient (Wildman–Crippen LogP) is -0.562. The van der Waals surface area contributed by atoms with Crippen LogP contribution in [0.15, 0.2) is 30.3 Å². The molecule has 0 fully saturated rings. The fraction of sp³-hybridized carbons (Fsp3) is 0.385. The Morgan fingerprint density at radius 2 is 1.95 bits per heavy atom. The van der Waals surface area contributed by atoms with Gasteiger partial charge in [0.25, 0.3) is 0 Å². The number of carbonyl (C=O) groups is 2. The molecule has 2 amide bonds. The lowest BCUT2D eigenvalue weighted by Crippen LogP contribution is -2.41. The first kappa shape index (κ1) is 15.1. The van der Waals surface area contributed by atoms with E-state index in [0.717, 1.165) is 5.56 Å². The average molecular weight is 264 g/mol. The highest BCUT2D eigenvalue weighted by Gasteiger charge is 2.22. The van der Waals surface area contributed by atoms with Crippen molar-refractivity contribution in [2.45, 2.75) is 5.92 Å². The van der Waals surface area contributed by atoms with Crippen LogP contribution >= 0.6 is 0 Å². The van der Waals surface area contributed by atoms with Crippen LogP contribution < -0.4 is 16.6 Å². The zero-order chi connectivity index (χ0) is 14.3. The number of nitrogens with one attached hydrogen (secondary N) is 2. The molecule has 0 aliphatic rings. The van der Waals surface area contributed by atoms with E-state index in [4.69, 9.17) is 5.84 Å². The van der Waals surface area contributed by atoms with Crippen molar-refractivity contribution in [1.29, 1.82) is 0 Å². The summed E-state index contributed by atoms with van der Waals surface area (Å²) < 4.78 is 0. The highest BCUT2D eigenvalue weighted by molar-refractivity contribution is 5.83. The molecule has 0 saturated heterocycles. The van der Waals surface area contributed by atoms with E-state index < -0.39 is 5.92 Å². The van der Waals surface area contributed by atoms with Gasteiger partial charge in [0.05, 0.1) is 12.5 Å². The summed E-state index contributed by atoms with van der Waals surface area (Å²) >= 11 is 0. The molecule has 1 rings (SSSR count). The monoisotopic (exact) mass is 264 g/mol. The van der Waals surface area contributed by atoms with Crippen LogP contribution in [0.1, 0.15) is 11.5 Å². The summed E-state index contributed by atoms with van der Waals surface area (Å²) in [5.41, 5.74) is 3.04. The molecule has 0 bridgehead atoms. The van der Waals surface area contributed by atoms with Crippen molar-refractivity contribution in [3.63, 3.8) is 0 Å². The maximum absolute atomic E-state index is 11.8. The molecule has 1 aromatic rings. The Morgan fingerprint density at radius 3 is 2.47 bits per heavy atom. The fourth-order valence-electron chi connectivity index (χ4n) is 1.83. The predicted molar refractivity (Wildman–Crippen MR) is 73.1 cm³/mol. The van der Waals surface area contributed by atoms with E-state index in [1.54, 1.807) is 19.0 Å². The zero-order valence-corrected chi connectivity index (χ0v) is 11.2. The lowest BCUT2D eigenvalue weighted by Gasteiger charge is -2.22. The molecule has 0 aliphatic heterocycles. The lowest BCUT2D eigenvalue weighted by atomic mass is 9.98. The maximum Gasteiger partial charge on any atom is 0.242 e. The Labute approximate surface area is 112 Å². The van der Waals surface area contributed by atoms with Crippen molar-refractivity contribution >= 4 is 11.8 Å². The SMILES string of the molecule is CNC(=O)CN(C)CC(C(=O)NN)c1ccccc1. The lowest BCUT2D eigenvalue weighted by molar-refractivity contribution is -0.125. The molecule has 6 heteroatoms. The summed E-state index contributed by atoms with van der Waals surface area (Å²) in [6.45, 7) is 0.651. The first-order valence-electron chi connectivity index (χ1n) is 6.03. The average Bonchev–Trinajstić information content (AvgIpc) is 2.44. The number of hydrogen-bond donors (Lipinski definition) is 3. The number of rotatable bonds is 6. The molecule has 19 heavy (non-hydrogen) atoms. The number of amides is 2. The van der Waals surface area contributed by atoms with Crippen molar-refractivity contribution in [1.82, 2.24) is 15.6 Å². The number of carbonyl (C=O) groups excluding carboxylic acids is 2. The van der Waals surface area contributed by atoms with E-state index >= 15 is 0 Å². The van der Waals surface area contributed by atoms with Gasteiger partial charge in [0.2, 0.25) is 11.8 Å². The Kier molecular flexibility index (Phi) is 5.98. The number of nitrogens with zero attached hydrogens (tertiary/aromatic N) is 1. The second-order valence-corrected chi connectivity index (χ2v) is 4.34. The third-order valence-electron chi connectivity index (χ3n) is 2.85. The largest absolute Gasteiger partial charge is 0.358 e. The summed E-state index contributed by atoms with van der Waals surface area (Å²) in [4.78, 5) is 24.9. The summed E-state index contributed by atoms with van der Waals surface area (Å²) in [7, 11) is 3.37. The van der Waals surface area contributed by atoms with Crippen molar-refractivity contribution < 1.29 is 9.59 Å². The first-order valence-corrected chi connectivity index (χ1v) is 6.03. The van der Waals surface area contributed by atoms with Crippen LogP contribution in [0.25, 0.3) is 0 Å². The number of hydrazine groups is 1. The van der Waals surface area contributed by atoms with Gasteiger partial charge >= 0.3 is 0 Å². The van der Waals surface area contributed by atoms with E-state index in [1.807, 2.05) is 30.3 Å². The third kappa shape index (κ3) is 4.69. The van der Waals surface area contributed by atoms with E-state index in [2.05, 4.69) is 10.7 Å². The molecule has 4 N–H and O–H groups in total. The van der Waals surface area contributed by atoms with Gasteiger partial charge in [0, 0.05) is 13.6 Å². The molecule has 0 aliphatic carbocycles. The molecule has 1 atom stereocenters. The highest BCUT2D eigenvalue weighted by Crippen LogP contribution is 2.16. The van der Waals surface area contributed by atoms with Crippen molar-refractivity contribution in [2.24, 2.45) is 5.84 Å².